The SMILES string of the molecule is Cn1nc(C(N)=O)c2c1-c1nc(Nc3ccccc3SC(F)(F)F)ncc1CC2. The number of anilines is 2. The van der Waals surface area contributed by atoms with Gasteiger partial charge in [-0.15, -0.1) is 0 Å². The van der Waals surface area contributed by atoms with Crippen LogP contribution in [-0.2, 0) is 19.9 Å². The van der Waals surface area contributed by atoms with E-state index < -0.39 is 11.4 Å². The highest BCUT2D eigenvalue weighted by Gasteiger charge is 2.31. The molecular weight excluding hydrogens is 405 g/mol. The van der Waals surface area contributed by atoms with Crippen molar-refractivity contribution in [3.05, 3.63) is 47.3 Å². The first kappa shape index (κ1) is 19.2. The van der Waals surface area contributed by atoms with E-state index >= 15 is 0 Å². The molecule has 7 nitrogen and oxygen atoms in total. The monoisotopic (exact) mass is 420 g/mol. The summed E-state index contributed by atoms with van der Waals surface area (Å²) in [4.78, 5) is 20.4. The van der Waals surface area contributed by atoms with Crippen LogP contribution in [0.2, 0.25) is 0 Å². The topological polar surface area (TPSA) is 98.7 Å². The first-order chi connectivity index (χ1) is 13.7. The zero-order chi connectivity index (χ0) is 20.8. The maximum atomic E-state index is 12.8. The van der Waals surface area contributed by atoms with Crippen molar-refractivity contribution in [3.8, 4) is 11.4 Å². The van der Waals surface area contributed by atoms with Crippen LogP contribution < -0.4 is 11.1 Å². The van der Waals surface area contributed by atoms with Gasteiger partial charge in [0.1, 0.15) is 0 Å². The molecule has 0 bridgehead atoms. The fourth-order valence-corrected chi connectivity index (χ4v) is 3.94. The molecule has 0 saturated heterocycles. The molecule has 11 heteroatoms. The molecule has 0 unspecified atom stereocenters. The Labute approximate surface area is 167 Å². The summed E-state index contributed by atoms with van der Waals surface area (Å²) in [6.07, 6.45) is 2.81. The van der Waals surface area contributed by atoms with Crippen molar-refractivity contribution in [1.29, 1.82) is 0 Å². The second-order valence-electron chi connectivity index (χ2n) is 6.40. The van der Waals surface area contributed by atoms with Gasteiger partial charge in [-0.2, -0.15) is 18.3 Å². The number of carbonyl (C=O) groups is 1. The van der Waals surface area contributed by atoms with Gasteiger partial charge in [0, 0.05) is 23.7 Å². The number of para-hydroxylation sites is 1. The lowest BCUT2D eigenvalue weighted by atomic mass is 9.93. The van der Waals surface area contributed by atoms with Gasteiger partial charge in [-0.1, -0.05) is 12.1 Å². The second kappa shape index (κ2) is 7.07. The minimum atomic E-state index is -4.41. The fraction of sp³-hybridized carbons (Fsp3) is 0.222. The second-order valence-corrected chi connectivity index (χ2v) is 7.51. The first-order valence-corrected chi connectivity index (χ1v) is 9.38. The molecule has 0 atom stereocenters. The molecule has 3 N–H and O–H groups in total. The summed E-state index contributed by atoms with van der Waals surface area (Å²) in [7, 11) is 1.69. The quantitative estimate of drug-likeness (QED) is 0.628. The lowest BCUT2D eigenvalue weighted by Crippen LogP contribution is -2.16. The number of fused-ring (bicyclic) bond motifs is 3. The van der Waals surface area contributed by atoms with E-state index in [1.165, 1.54) is 22.9 Å². The predicted octanol–water partition coefficient (Wildman–Crippen LogP) is 3.43. The van der Waals surface area contributed by atoms with Gasteiger partial charge in [0.2, 0.25) is 5.95 Å². The number of carbonyl (C=O) groups excluding carboxylic acids is 1. The molecule has 1 aromatic carbocycles. The smallest absolute Gasteiger partial charge is 0.364 e. The summed E-state index contributed by atoms with van der Waals surface area (Å²) < 4.78 is 40.0. The third-order valence-electron chi connectivity index (χ3n) is 4.47. The van der Waals surface area contributed by atoms with Gasteiger partial charge < -0.3 is 11.1 Å². The Morgan fingerprint density at radius 2 is 2.03 bits per heavy atom. The Morgan fingerprint density at radius 3 is 2.76 bits per heavy atom. The number of hydrogen-bond acceptors (Lipinski definition) is 6. The average Bonchev–Trinajstić information content (AvgIpc) is 3.00. The predicted molar refractivity (Wildman–Crippen MR) is 102 cm³/mol. The van der Waals surface area contributed by atoms with Crippen LogP contribution in [0.25, 0.3) is 11.4 Å². The number of hydrogen-bond donors (Lipinski definition) is 2. The van der Waals surface area contributed by atoms with Crippen molar-refractivity contribution < 1.29 is 18.0 Å². The van der Waals surface area contributed by atoms with Gasteiger partial charge in [0.15, 0.2) is 5.69 Å². The molecule has 0 spiro atoms. The molecule has 29 heavy (non-hydrogen) atoms. The fourth-order valence-electron chi connectivity index (χ4n) is 3.32. The van der Waals surface area contributed by atoms with E-state index in [-0.39, 0.29) is 34.0 Å². The number of primary amides is 1. The number of nitrogens with two attached hydrogens (primary N) is 1. The lowest BCUT2D eigenvalue weighted by Gasteiger charge is -2.18. The molecular formula is C18H15F3N6OS. The van der Waals surface area contributed by atoms with E-state index in [9.17, 15) is 18.0 Å². The first-order valence-electron chi connectivity index (χ1n) is 8.56. The van der Waals surface area contributed by atoms with Crippen molar-refractivity contribution in [2.24, 2.45) is 12.8 Å². The molecule has 150 valence electrons. The normalized spacial score (nSPS) is 13.0. The van der Waals surface area contributed by atoms with E-state index in [0.717, 1.165) is 5.56 Å². The van der Waals surface area contributed by atoms with Crippen molar-refractivity contribution in [3.63, 3.8) is 0 Å². The Hall–Kier alpha value is -3.08. The number of thioether (sulfide) groups is 1. The van der Waals surface area contributed by atoms with Crippen LogP contribution in [0, 0.1) is 0 Å². The van der Waals surface area contributed by atoms with Crippen LogP contribution in [0.5, 0.6) is 0 Å². The third-order valence-corrected chi connectivity index (χ3v) is 5.28. The molecule has 1 aliphatic carbocycles. The molecule has 0 saturated carbocycles. The molecule has 1 aliphatic rings. The van der Waals surface area contributed by atoms with Gasteiger partial charge in [-0.05, 0) is 42.3 Å². The van der Waals surface area contributed by atoms with E-state index in [4.69, 9.17) is 5.73 Å². The zero-order valence-electron chi connectivity index (χ0n) is 15.1. The van der Waals surface area contributed by atoms with E-state index in [1.54, 1.807) is 19.3 Å². The number of alkyl halides is 3. The lowest BCUT2D eigenvalue weighted by molar-refractivity contribution is -0.0328. The maximum absolute atomic E-state index is 12.8. The molecule has 2 heterocycles. The number of rotatable bonds is 4. The summed E-state index contributed by atoms with van der Waals surface area (Å²) >= 11 is -0.211. The minimum Gasteiger partial charge on any atom is -0.364 e. The number of halogens is 3. The van der Waals surface area contributed by atoms with Crippen LogP contribution in [0.15, 0.2) is 35.4 Å². The van der Waals surface area contributed by atoms with E-state index in [1.807, 2.05) is 0 Å². The Balaban J connectivity index is 1.72. The average molecular weight is 420 g/mol. The maximum Gasteiger partial charge on any atom is 0.446 e. The van der Waals surface area contributed by atoms with Crippen LogP contribution >= 0.6 is 11.8 Å². The summed E-state index contributed by atoms with van der Waals surface area (Å²) in [6.45, 7) is 0. The Bertz CT molecular complexity index is 1110. The van der Waals surface area contributed by atoms with Crippen LogP contribution in [0.4, 0.5) is 24.8 Å². The number of aryl methyl sites for hydroxylation is 2. The van der Waals surface area contributed by atoms with Crippen molar-refractivity contribution in [2.45, 2.75) is 23.2 Å². The van der Waals surface area contributed by atoms with Crippen LogP contribution in [0.3, 0.4) is 0 Å². The molecule has 0 aliphatic heterocycles. The molecule has 2 aromatic heterocycles. The highest BCUT2D eigenvalue weighted by atomic mass is 32.2. The number of nitrogens with one attached hydrogen (secondary N) is 1. The standard InChI is InChI=1S/C18H15F3N6OS/c1-27-15-10(14(26-27)16(22)28)7-6-9-8-23-17(25-13(9)15)24-11-4-2-3-5-12(11)29-18(19,20)21/h2-5,8H,6-7H2,1H3,(H2,22,28)(H,23,24,25). The molecule has 4 rings (SSSR count). The van der Waals surface area contributed by atoms with Gasteiger partial charge >= 0.3 is 5.51 Å². The van der Waals surface area contributed by atoms with E-state index in [2.05, 4.69) is 20.4 Å². The highest BCUT2D eigenvalue weighted by Crippen LogP contribution is 2.41. The molecule has 0 radical (unpaired) electrons. The number of aromatic nitrogens is 4. The third kappa shape index (κ3) is 3.77. The molecule has 3 aromatic rings. The summed E-state index contributed by atoms with van der Waals surface area (Å²) in [5.74, 6) is -0.468. The summed E-state index contributed by atoms with van der Waals surface area (Å²) in [6, 6.07) is 6.05. The number of benzene rings is 1. The largest absolute Gasteiger partial charge is 0.446 e. The Kier molecular flexibility index (Phi) is 4.69. The van der Waals surface area contributed by atoms with Gasteiger partial charge in [0.25, 0.3) is 5.91 Å². The summed E-state index contributed by atoms with van der Waals surface area (Å²) in [5.41, 5.74) is 4.26. The highest BCUT2D eigenvalue weighted by molar-refractivity contribution is 8.00. The van der Waals surface area contributed by atoms with Crippen LogP contribution in [-0.4, -0.2) is 31.2 Å². The molecule has 0 fully saturated rings. The van der Waals surface area contributed by atoms with E-state index in [0.29, 0.717) is 29.8 Å². The number of nitrogens with zero attached hydrogens (tertiary/aromatic N) is 4. The number of amides is 1. The van der Waals surface area contributed by atoms with Gasteiger partial charge in [0.05, 0.1) is 17.1 Å². The molecule has 1 amide bonds. The summed E-state index contributed by atoms with van der Waals surface area (Å²) in [5, 5.41) is 7.05. The van der Waals surface area contributed by atoms with Crippen molar-refractivity contribution >= 4 is 29.3 Å². The minimum absolute atomic E-state index is 0.0126. The van der Waals surface area contributed by atoms with Gasteiger partial charge in [-0.3, -0.25) is 9.48 Å². The van der Waals surface area contributed by atoms with Gasteiger partial charge in [-0.25, -0.2) is 9.97 Å². The van der Waals surface area contributed by atoms with Crippen molar-refractivity contribution in [2.75, 3.05) is 5.32 Å². The zero-order valence-corrected chi connectivity index (χ0v) is 15.9. The van der Waals surface area contributed by atoms with Crippen molar-refractivity contribution in [1.82, 2.24) is 19.7 Å². The Morgan fingerprint density at radius 1 is 1.28 bits per heavy atom. The van der Waals surface area contributed by atoms with Crippen LogP contribution in [0.1, 0.15) is 21.6 Å².